The number of anilines is 2. The molecule has 222 valence electrons. The van der Waals surface area contributed by atoms with Crippen LogP contribution in [0, 0.1) is 0 Å². The van der Waals surface area contributed by atoms with E-state index >= 15 is 0 Å². The second-order valence-corrected chi connectivity index (χ2v) is 11.0. The van der Waals surface area contributed by atoms with Crippen LogP contribution < -0.4 is 15.4 Å². The van der Waals surface area contributed by atoms with Crippen LogP contribution in [0.3, 0.4) is 0 Å². The summed E-state index contributed by atoms with van der Waals surface area (Å²) in [4.78, 5) is 39.7. The quantitative estimate of drug-likeness (QED) is 0.346. The van der Waals surface area contributed by atoms with Gasteiger partial charge in [-0.2, -0.15) is 10.1 Å². The van der Waals surface area contributed by atoms with Crippen molar-refractivity contribution in [3.05, 3.63) is 29.7 Å². The minimum Gasteiger partial charge on any atom is -0.496 e. The van der Waals surface area contributed by atoms with Crippen molar-refractivity contribution in [2.24, 2.45) is 0 Å². The van der Waals surface area contributed by atoms with Gasteiger partial charge in [-0.05, 0) is 40.0 Å². The Balaban J connectivity index is 1.53. The Bertz CT molecular complexity index is 1360. The van der Waals surface area contributed by atoms with Gasteiger partial charge in [-0.3, -0.25) is 15.0 Å². The molecule has 0 atom stereocenters. The number of pyridine rings is 1. The van der Waals surface area contributed by atoms with Gasteiger partial charge in [0.1, 0.15) is 22.4 Å². The summed E-state index contributed by atoms with van der Waals surface area (Å²) in [7, 11) is 2.92. The van der Waals surface area contributed by atoms with Crippen LogP contribution in [0.5, 0.6) is 5.75 Å². The van der Waals surface area contributed by atoms with Crippen molar-refractivity contribution in [2.45, 2.75) is 71.4 Å². The van der Waals surface area contributed by atoms with Gasteiger partial charge in [-0.15, -0.1) is 0 Å². The molecule has 1 aliphatic heterocycles. The first-order chi connectivity index (χ1) is 19.6. The van der Waals surface area contributed by atoms with Gasteiger partial charge in [0.15, 0.2) is 5.82 Å². The average Bonchev–Trinajstić information content (AvgIpc) is 3.35. The summed E-state index contributed by atoms with van der Waals surface area (Å²) in [5, 5.41) is 10.4. The molecule has 41 heavy (non-hydrogen) atoms. The number of carbonyl (C=O) groups is 2. The van der Waals surface area contributed by atoms with Crippen molar-refractivity contribution in [3.8, 4) is 5.75 Å². The molecule has 4 rings (SSSR count). The minimum absolute atomic E-state index is 0.129. The molecular formula is C28H40N8O5. The Kier molecular flexibility index (Phi) is 9.46. The van der Waals surface area contributed by atoms with Crippen LogP contribution in [-0.2, 0) is 16.0 Å². The van der Waals surface area contributed by atoms with E-state index in [1.807, 2.05) is 33.0 Å². The molecule has 0 unspecified atom stereocenters. The number of nitrogens with zero attached hydrogens (tertiary/aromatic N) is 6. The molecule has 13 heteroatoms. The molecule has 0 spiro atoms. The van der Waals surface area contributed by atoms with Crippen molar-refractivity contribution >= 4 is 35.0 Å². The zero-order chi connectivity index (χ0) is 29.6. The highest BCUT2D eigenvalue weighted by Gasteiger charge is 2.28. The fourth-order valence-corrected chi connectivity index (χ4v) is 4.68. The topological polar surface area (TPSA) is 146 Å². The Morgan fingerprint density at radius 1 is 1.12 bits per heavy atom. The summed E-state index contributed by atoms with van der Waals surface area (Å²) in [5.41, 5.74) is 2.55. The van der Waals surface area contributed by atoms with E-state index in [9.17, 15) is 9.59 Å². The highest BCUT2D eigenvalue weighted by molar-refractivity contribution is 5.89. The SMILES string of the molecule is CCCCNc1nc(NC(=O)OC)nc2cnn(Cc3cnc(C4CCN(C(=O)OC(C)(C)C)CC4)cc3OC)c12. The third-order valence-electron chi connectivity index (χ3n) is 6.78. The van der Waals surface area contributed by atoms with Crippen LogP contribution in [0.15, 0.2) is 18.5 Å². The first-order valence-electron chi connectivity index (χ1n) is 13.9. The summed E-state index contributed by atoms with van der Waals surface area (Å²) in [5.74, 6) is 1.61. The van der Waals surface area contributed by atoms with Crippen molar-refractivity contribution in [3.63, 3.8) is 0 Å². The highest BCUT2D eigenvalue weighted by Crippen LogP contribution is 2.32. The molecule has 0 aromatic carbocycles. The molecule has 0 radical (unpaired) electrons. The molecule has 0 aliphatic carbocycles. The standard InChI is InChI=1S/C28H40N8O5/c1-7-8-11-29-24-23-21(32-25(33-24)34-26(37)40-6)16-31-36(23)17-19-15-30-20(14-22(19)39-5)18-9-12-35(13-10-18)27(38)41-28(2,3)4/h14-16,18H,7-13,17H2,1-6H3,(H2,29,32,33,34,37). The summed E-state index contributed by atoms with van der Waals surface area (Å²) < 4.78 is 17.8. The van der Waals surface area contributed by atoms with Crippen LogP contribution in [0.4, 0.5) is 21.4 Å². The first kappa shape index (κ1) is 29.8. The lowest BCUT2D eigenvalue weighted by molar-refractivity contribution is 0.0204. The molecule has 1 aliphatic rings. The van der Waals surface area contributed by atoms with E-state index in [0.29, 0.717) is 48.8 Å². The number of rotatable bonds is 9. The van der Waals surface area contributed by atoms with Gasteiger partial charge in [0.2, 0.25) is 5.95 Å². The molecule has 2 N–H and O–H groups in total. The minimum atomic E-state index is -0.650. The molecule has 1 fully saturated rings. The number of aromatic nitrogens is 5. The Morgan fingerprint density at radius 2 is 1.88 bits per heavy atom. The van der Waals surface area contributed by atoms with Gasteiger partial charge in [0.05, 0.1) is 27.0 Å². The molecule has 3 aromatic heterocycles. The van der Waals surface area contributed by atoms with E-state index < -0.39 is 11.7 Å². The van der Waals surface area contributed by atoms with Gasteiger partial charge >= 0.3 is 12.2 Å². The second kappa shape index (κ2) is 13.0. The number of hydrogen-bond acceptors (Lipinski definition) is 10. The first-order valence-corrected chi connectivity index (χ1v) is 13.9. The number of fused-ring (bicyclic) bond motifs is 1. The highest BCUT2D eigenvalue weighted by atomic mass is 16.6. The van der Waals surface area contributed by atoms with Gasteiger partial charge in [-0.25, -0.2) is 14.6 Å². The number of nitrogens with one attached hydrogen (secondary N) is 2. The summed E-state index contributed by atoms with van der Waals surface area (Å²) >= 11 is 0. The lowest BCUT2D eigenvalue weighted by Crippen LogP contribution is -2.41. The van der Waals surface area contributed by atoms with Crippen LogP contribution in [0.25, 0.3) is 11.0 Å². The molecule has 13 nitrogen and oxygen atoms in total. The number of ether oxygens (including phenoxy) is 3. The third-order valence-corrected chi connectivity index (χ3v) is 6.78. The van der Waals surface area contributed by atoms with E-state index in [-0.39, 0.29) is 18.0 Å². The Morgan fingerprint density at radius 3 is 2.54 bits per heavy atom. The number of methoxy groups -OCH3 is 2. The Hall–Kier alpha value is -4.16. The lowest BCUT2D eigenvalue weighted by Gasteiger charge is -2.33. The molecule has 4 heterocycles. The normalized spacial score (nSPS) is 14.1. The predicted octanol–water partition coefficient (Wildman–Crippen LogP) is 4.78. The van der Waals surface area contributed by atoms with Crippen LogP contribution >= 0.6 is 0 Å². The van der Waals surface area contributed by atoms with Gasteiger partial charge in [0.25, 0.3) is 0 Å². The molecular weight excluding hydrogens is 528 g/mol. The van der Waals surface area contributed by atoms with Crippen LogP contribution in [0.2, 0.25) is 0 Å². The maximum Gasteiger partial charge on any atom is 0.413 e. The van der Waals surface area contributed by atoms with E-state index in [2.05, 4.69) is 37.4 Å². The lowest BCUT2D eigenvalue weighted by atomic mass is 9.93. The van der Waals surface area contributed by atoms with Crippen molar-refractivity contribution in [1.82, 2.24) is 29.6 Å². The maximum atomic E-state index is 12.4. The van der Waals surface area contributed by atoms with Gasteiger partial charge in [0, 0.05) is 49.1 Å². The summed E-state index contributed by atoms with van der Waals surface area (Å²) in [6.07, 6.45) is 6.09. The zero-order valence-electron chi connectivity index (χ0n) is 24.7. The number of amides is 2. The number of carbonyl (C=O) groups excluding carboxylic acids is 2. The van der Waals surface area contributed by atoms with E-state index in [0.717, 1.165) is 36.9 Å². The third kappa shape index (κ3) is 7.53. The van der Waals surface area contributed by atoms with E-state index in [1.165, 1.54) is 7.11 Å². The van der Waals surface area contributed by atoms with Crippen LogP contribution in [0.1, 0.15) is 70.6 Å². The van der Waals surface area contributed by atoms with Gasteiger partial charge < -0.3 is 24.4 Å². The maximum absolute atomic E-state index is 12.4. The summed E-state index contributed by atoms with van der Waals surface area (Å²) in [6, 6.07) is 1.98. The molecule has 2 amide bonds. The monoisotopic (exact) mass is 568 g/mol. The van der Waals surface area contributed by atoms with Crippen LogP contribution in [-0.4, -0.2) is 81.3 Å². The molecule has 1 saturated heterocycles. The fourth-order valence-electron chi connectivity index (χ4n) is 4.68. The predicted molar refractivity (Wildman–Crippen MR) is 154 cm³/mol. The number of hydrogen-bond donors (Lipinski definition) is 2. The van der Waals surface area contributed by atoms with Crippen molar-refractivity contribution < 1.29 is 23.8 Å². The zero-order valence-corrected chi connectivity index (χ0v) is 24.7. The van der Waals surface area contributed by atoms with Gasteiger partial charge in [-0.1, -0.05) is 13.3 Å². The molecule has 3 aromatic rings. The number of unbranched alkanes of at least 4 members (excludes halogenated alkanes) is 1. The second-order valence-electron chi connectivity index (χ2n) is 11.0. The van der Waals surface area contributed by atoms with Crippen molar-refractivity contribution in [1.29, 1.82) is 0 Å². The van der Waals surface area contributed by atoms with E-state index in [1.54, 1.807) is 22.9 Å². The Labute approximate surface area is 240 Å². The van der Waals surface area contributed by atoms with Crippen molar-refractivity contribution in [2.75, 3.05) is 44.5 Å². The smallest absolute Gasteiger partial charge is 0.413 e. The summed E-state index contributed by atoms with van der Waals surface area (Å²) in [6.45, 7) is 10.0. The largest absolute Gasteiger partial charge is 0.496 e. The average molecular weight is 569 g/mol. The fraction of sp³-hybridized carbons (Fsp3) is 0.571. The number of likely N-dealkylation sites (tertiary alicyclic amines) is 1. The molecule has 0 saturated carbocycles. The molecule has 0 bridgehead atoms. The van der Waals surface area contributed by atoms with E-state index in [4.69, 9.17) is 14.5 Å². The number of piperidine rings is 1.